The SMILES string of the molecule is CCN(CC)C(=O)NCCNC(=O)CN1C(=O)c2ccc(Br)cc2C1=O. The third-order valence-electron chi connectivity index (χ3n) is 4.01. The van der Waals surface area contributed by atoms with Crippen molar-refractivity contribution in [3.8, 4) is 0 Å². The summed E-state index contributed by atoms with van der Waals surface area (Å²) in [6.45, 7) is 5.08. The average molecular weight is 425 g/mol. The van der Waals surface area contributed by atoms with Crippen LogP contribution in [0.2, 0.25) is 0 Å². The second-order valence-electron chi connectivity index (χ2n) is 5.64. The van der Waals surface area contributed by atoms with Crippen molar-refractivity contribution in [1.29, 1.82) is 0 Å². The fourth-order valence-corrected chi connectivity index (χ4v) is 2.96. The van der Waals surface area contributed by atoms with Crippen LogP contribution in [0.25, 0.3) is 0 Å². The van der Waals surface area contributed by atoms with Gasteiger partial charge in [-0.15, -0.1) is 0 Å². The van der Waals surface area contributed by atoms with Crippen molar-refractivity contribution in [2.75, 3.05) is 32.7 Å². The molecule has 8 nitrogen and oxygen atoms in total. The molecule has 0 fully saturated rings. The minimum atomic E-state index is -0.490. The molecule has 0 spiro atoms. The Morgan fingerprint density at radius 2 is 1.65 bits per heavy atom. The van der Waals surface area contributed by atoms with E-state index in [1.807, 2.05) is 13.8 Å². The number of fused-ring (bicyclic) bond motifs is 1. The van der Waals surface area contributed by atoms with Gasteiger partial charge in [0, 0.05) is 30.7 Å². The van der Waals surface area contributed by atoms with Crippen LogP contribution in [0, 0.1) is 0 Å². The third-order valence-corrected chi connectivity index (χ3v) is 4.50. The Kier molecular flexibility index (Phi) is 6.73. The Morgan fingerprint density at radius 1 is 1.04 bits per heavy atom. The molecule has 9 heteroatoms. The first-order valence-corrected chi connectivity index (χ1v) is 9.13. The van der Waals surface area contributed by atoms with Crippen molar-refractivity contribution in [2.24, 2.45) is 0 Å². The highest BCUT2D eigenvalue weighted by Crippen LogP contribution is 2.25. The minimum Gasteiger partial charge on any atom is -0.353 e. The number of carbonyl (C=O) groups is 4. The summed E-state index contributed by atoms with van der Waals surface area (Å²) in [6.07, 6.45) is 0. The van der Waals surface area contributed by atoms with Crippen LogP contribution in [0.15, 0.2) is 22.7 Å². The van der Waals surface area contributed by atoms with Crippen LogP contribution in [0.4, 0.5) is 4.79 Å². The molecule has 2 N–H and O–H groups in total. The van der Waals surface area contributed by atoms with E-state index in [2.05, 4.69) is 26.6 Å². The van der Waals surface area contributed by atoms with Crippen molar-refractivity contribution in [1.82, 2.24) is 20.4 Å². The molecule has 0 saturated heterocycles. The monoisotopic (exact) mass is 424 g/mol. The molecule has 0 radical (unpaired) electrons. The molecule has 26 heavy (non-hydrogen) atoms. The number of rotatable bonds is 7. The first-order chi connectivity index (χ1) is 12.4. The van der Waals surface area contributed by atoms with Gasteiger partial charge in [0.15, 0.2) is 0 Å². The second kappa shape index (κ2) is 8.79. The number of nitrogens with one attached hydrogen (secondary N) is 2. The van der Waals surface area contributed by atoms with Gasteiger partial charge in [0.2, 0.25) is 5.91 Å². The number of hydrogen-bond acceptors (Lipinski definition) is 4. The van der Waals surface area contributed by atoms with E-state index in [1.54, 1.807) is 23.1 Å². The Balaban J connectivity index is 1.81. The molecule has 0 atom stereocenters. The Labute approximate surface area is 160 Å². The molecule has 1 aliphatic heterocycles. The number of halogens is 1. The van der Waals surface area contributed by atoms with Crippen molar-refractivity contribution in [3.05, 3.63) is 33.8 Å². The highest BCUT2D eigenvalue weighted by molar-refractivity contribution is 9.10. The summed E-state index contributed by atoms with van der Waals surface area (Å²) >= 11 is 3.26. The molecule has 0 bridgehead atoms. The van der Waals surface area contributed by atoms with Gasteiger partial charge < -0.3 is 15.5 Å². The topological polar surface area (TPSA) is 98.8 Å². The van der Waals surface area contributed by atoms with Gasteiger partial charge in [0.05, 0.1) is 11.1 Å². The van der Waals surface area contributed by atoms with Gasteiger partial charge in [-0.2, -0.15) is 0 Å². The Hall–Kier alpha value is -2.42. The molecule has 2 rings (SSSR count). The van der Waals surface area contributed by atoms with Crippen molar-refractivity contribution in [2.45, 2.75) is 13.8 Å². The standard InChI is InChI=1S/C17H21BrN4O4/c1-3-21(4-2)17(26)20-8-7-19-14(23)10-22-15(24)12-6-5-11(18)9-13(12)16(22)25/h5-6,9H,3-4,7-8,10H2,1-2H3,(H,19,23)(H,20,26). The Morgan fingerprint density at radius 3 is 2.31 bits per heavy atom. The van der Waals surface area contributed by atoms with E-state index in [0.29, 0.717) is 17.6 Å². The van der Waals surface area contributed by atoms with Gasteiger partial charge in [-0.1, -0.05) is 15.9 Å². The molecule has 5 amide bonds. The summed E-state index contributed by atoms with van der Waals surface area (Å²) < 4.78 is 0.688. The lowest BCUT2D eigenvalue weighted by atomic mass is 10.1. The van der Waals surface area contributed by atoms with Gasteiger partial charge in [-0.25, -0.2) is 4.79 Å². The van der Waals surface area contributed by atoms with Crippen LogP contribution < -0.4 is 10.6 Å². The molecule has 1 heterocycles. The number of nitrogens with zero attached hydrogens (tertiary/aromatic N) is 2. The maximum absolute atomic E-state index is 12.3. The first kappa shape index (κ1) is 19.9. The number of benzene rings is 1. The summed E-state index contributed by atoms with van der Waals surface area (Å²) in [7, 11) is 0. The fraction of sp³-hybridized carbons (Fsp3) is 0.412. The van der Waals surface area contributed by atoms with Crippen LogP contribution in [0.1, 0.15) is 34.6 Å². The number of amides is 5. The molecule has 0 aromatic heterocycles. The number of imide groups is 1. The van der Waals surface area contributed by atoms with Gasteiger partial charge in [-0.3, -0.25) is 19.3 Å². The minimum absolute atomic E-state index is 0.199. The molecule has 1 aromatic rings. The number of carbonyl (C=O) groups excluding carboxylic acids is 4. The zero-order valence-corrected chi connectivity index (χ0v) is 16.3. The zero-order valence-electron chi connectivity index (χ0n) is 14.7. The summed E-state index contributed by atoms with van der Waals surface area (Å²) in [5.74, 6) is -1.44. The van der Waals surface area contributed by atoms with Gasteiger partial charge in [0.25, 0.3) is 11.8 Å². The molecule has 0 saturated carbocycles. The number of urea groups is 1. The van der Waals surface area contributed by atoms with E-state index in [1.165, 1.54) is 0 Å². The predicted octanol–water partition coefficient (Wildman–Crippen LogP) is 1.21. The maximum Gasteiger partial charge on any atom is 0.317 e. The molecule has 140 valence electrons. The molecular weight excluding hydrogens is 404 g/mol. The van der Waals surface area contributed by atoms with Crippen molar-refractivity contribution >= 4 is 39.7 Å². The molecule has 1 aliphatic rings. The lowest BCUT2D eigenvalue weighted by Crippen LogP contribution is -2.45. The van der Waals surface area contributed by atoms with Gasteiger partial charge in [0.1, 0.15) is 6.54 Å². The summed E-state index contributed by atoms with van der Waals surface area (Å²) in [6, 6.07) is 4.60. The van der Waals surface area contributed by atoms with Crippen molar-refractivity contribution < 1.29 is 19.2 Å². The normalized spacial score (nSPS) is 12.8. The van der Waals surface area contributed by atoms with Crippen LogP contribution >= 0.6 is 15.9 Å². The third kappa shape index (κ3) is 4.40. The van der Waals surface area contributed by atoms with Crippen LogP contribution in [0.5, 0.6) is 0 Å². The average Bonchev–Trinajstić information content (AvgIpc) is 2.84. The van der Waals surface area contributed by atoms with Crippen molar-refractivity contribution in [3.63, 3.8) is 0 Å². The summed E-state index contributed by atoms with van der Waals surface area (Å²) in [5.41, 5.74) is 0.571. The lowest BCUT2D eigenvalue weighted by molar-refractivity contribution is -0.121. The Bertz CT molecular complexity index is 733. The van der Waals surface area contributed by atoms with E-state index in [0.717, 1.165) is 4.90 Å². The van der Waals surface area contributed by atoms with Crippen LogP contribution in [-0.4, -0.2) is 66.3 Å². The van der Waals surface area contributed by atoms with Gasteiger partial charge >= 0.3 is 6.03 Å². The van der Waals surface area contributed by atoms with E-state index >= 15 is 0 Å². The van der Waals surface area contributed by atoms with E-state index in [9.17, 15) is 19.2 Å². The quantitative estimate of drug-likeness (QED) is 0.507. The fourth-order valence-electron chi connectivity index (χ4n) is 2.60. The van der Waals surface area contributed by atoms with Gasteiger partial charge in [-0.05, 0) is 32.0 Å². The summed E-state index contributed by atoms with van der Waals surface area (Å²) in [4.78, 5) is 50.9. The molecule has 0 unspecified atom stereocenters. The highest BCUT2D eigenvalue weighted by atomic mass is 79.9. The summed E-state index contributed by atoms with van der Waals surface area (Å²) in [5, 5.41) is 5.28. The lowest BCUT2D eigenvalue weighted by Gasteiger charge is -2.19. The largest absolute Gasteiger partial charge is 0.353 e. The van der Waals surface area contributed by atoms with Crippen LogP contribution in [0.3, 0.4) is 0 Å². The second-order valence-corrected chi connectivity index (χ2v) is 6.56. The van der Waals surface area contributed by atoms with E-state index in [4.69, 9.17) is 0 Å². The highest BCUT2D eigenvalue weighted by Gasteiger charge is 2.36. The first-order valence-electron chi connectivity index (χ1n) is 8.34. The maximum atomic E-state index is 12.3. The van der Waals surface area contributed by atoms with E-state index in [-0.39, 0.29) is 36.8 Å². The van der Waals surface area contributed by atoms with E-state index < -0.39 is 17.7 Å². The smallest absolute Gasteiger partial charge is 0.317 e. The molecule has 1 aromatic carbocycles. The number of hydrogen-bond donors (Lipinski definition) is 2. The van der Waals surface area contributed by atoms with Crippen LogP contribution in [-0.2, 0) is 4.79 Å². The zero-order chi connectivity index (χ0) is 19.3. The molecular formula is C17H21BrN4O4. The molecule has 0 aliphatic carbocycles. The predicted molar refractivity (Wildman–Crippen MR) is 98.8 cm³/mol.